The Morgan fingerprint density at radius 2 is 1.94 bits per heavy atom. The normalized spacial score (nSPS) is 12.6. The van der Waals surface area contributed by atoms with Crippen LogP contribution >= 0.6 is 15.9 Å². The number of halogens is 1. The Morgan fingerprint density at radius 1 is 1.25 bits per heavy atom. The van der Waals surface area contributed by atoms with Crippen molar-refractivity contribution in [2.75, 3.05) is 0 Å². The Morgan fingerprint density at radius 3 is 2.62 bits per heavy atom. The molecule has 16 heavy (non-hydrogen) atoms. The van der Waals surface area contributed by atoms with Crippen molar-refractivity contribution < 1.29 is 9.90 Å². The topological polar surface area (TPSA) is 37.3 Å². The molecular formula is C13H11BrO2. The number of hydrogen-bond acceptors (Lipinski definition) is 2. The standard InChI is InChI=1S/C13H11BrO2/c1-8(14)13(16)12-10-5-3-2-4-9(10)6-7-11(12)15/h2-8,15H,1H3. The van der Waals surface area contributed by atoms with Crippen LogP contribution in [0, 0.1) is 0 Å². The van der Waals surface area contributed by atoms with Crippen molar-refractivity contribution in [3.63, 3.8) is 0 Å². The first-order chi connectivity index (χ1) is 7.61. The zero-order valence-electron chi connectivity index (χ0n) is 8.77. The van der Waals surface area contributed by atoms with Gasteiger partial charge in [0.05, 0.1) is 10.4 Å². The second kappa shape index (κ2) is 4.26. The first kappa shape index (κ1) is 11.1. The minimum Gasteiger partial charge on any atom is -0.507 e. The lowest BCUT2D eigenvalue weighted by Crippen LogP contribution is -2.10. The van der Waals surface area contributed by atoms with Crippen LogP contribution in [0.15, 0.2) is 36.4 Å². The van der Waals surface area contributed by atoms with E-state index in [1.807, 2.05) is 24.3 Å². The summed E-state index contributed by atoms with van der Waals surface area (Å²) in [5, 5.41) is 11.5. The van der Waals surface area contributed by atoms with Gasteiger partial charge in [-0.3, -0.25) is 4.79 Å². The van der Waals surface area contributed by atoms with E-state index >= 15 is 0 Å². The maximum Gasteiger partial charge on any atom is 0.180 e. The molecule has 0 amide bonds. The lowest BCUT2D eigenvalue weighted by molar-refractivity contribution is 0.0995. The van der Waals surface area contributed by atoms with Gasteiger partial charge in [-0.1, -0.05) is 46.3 Å². The number of fused-ring (bicyclic) bond motifs is 1. The molecule has 0 radical (unpaired) electrons. The molecule has 1 unspecified atom stereocenters. The summed E-state index contributed by atoms with van der Waals surface area (Å²) in [5.74, 6) is -0.0655. The van der Waals surface area contributed by atoms with Gasteiger partial charge in [0.1, 0.15) is 5.75 Å². The van der Waals surface area contributed by atoms with E-state index in [0.29, 0.717) is 5.56 Å². The summed E-state index contributed by atoms with van der Waals surface area (Å²) in [5.41, 5.74) is 0.391. The van der Waals surface area contributed by atoms with E-state index in [2.05, 4.69) is 15.9 Å². The van der Waals surface area contributed by atoms with Gasteiger partial charge in [-0.2, -0.15) is 0 Å². The molecule has 2 aromatic rings. The maximum atomic E-state index is 12.0. The molecule has 0 bridgehead atoms. The third-order valence-electron chi connectivity index (χ3n) is 2.51. The molecule has 2 rings (SSSR count). The van der Waals surface area contributed by atoms with Crippen LogP contribution in [0.3, 0.4) is 0 Å². The highest BCUT2D eigenvalue weighted by molar-refractivity contribution is 9.10. The molecular weight excluding hydrogens is 268 g/mol. The number of carbonyl (C=O) groups is 1. The molecule has 0 aromatic heterocycles. The third-order valence-corrected chi connectivity index (χ3v) is 2.93. The van der Waals surface area contributed by atoms with E-state index < -0.39 is 0 Å². The van der Waals surface area contributed by atoms with Gasteiger partial charge in [-0.15, -0.1) is 0 Å². The van der Waals surface area contributed by atoms with Gasteiger partial charge in [0.25, 0.3) is 0 Å². The van der Waals surface area contributed by atoms with E-state index in [0.717, 1.165) is 10.8 Å². The van der Waals surface area contributed by atoms with Gasteiger partial charge in [-0.25, -0.2) is 0 Å². The van der Waals surface area contributed by atoms with E-state index in [1.165, 1.54) is 0 Å². The summed E-state index contributed by atoms with van der Waals surface area (Å²) >= 11 is 3.24. The van der Waals surface area contributed by atoms with Crippen LogP contribution in [0.5, 0.6) is 5.75 Å². The monoisotopic (exact) mass is 278 g/mol. The second-order valence-electron chi connectivity index (χ2n) is 3.66. The molecule has 1 atom stereocenters. The van der Waals surface area contributed by atoms with Crippen molar-refractivity contribution in [1.29, 1.82) is 0 Å². The number of hydrogen-bond donors (Lipinski definition) is 1. The molecule has 0 aliphatic rings. The molecule has 0 aliphatic heterocycles. The molecule has 2 nitrogen and oxygen atoms in total. The number of phenolic OH excluding ortho intramolecular Hbond substituents is 1. The molecule has 3 heteroatoms. The molecule has 0 heterocycles. The van der Waals surface area contributed by atoms with Gasteiger partial charge >= 0.3 is 0 Å². The SMILES string of the molecule is CC(Br)C(=O)c1c(O)ccc2ccccc12. The molecule has 82 valence electrons. The van der Waals surface area contributed by atoms with Crippen LogP contribution in [0.2, 0.25) is 0 Å². The Balaban J connectivity index is 2.75. The Hall–Kier alpha value is -1.35. The average molecular weight is 279 g/mol. The molecule has 0 saturated heterocycles. The molecule has 0 saturated carbocycles. The number of Topliss-reactive ketones (excluding diaryl/α,β-unsaturated/α-hetero) is 1. The quantitative estimate of drug-likeness (QED) is 0.674. The first-order valence-electron chi connectivity index (χ1n) is 5.00. The fourth-order valence-corrected chi connectivity index (χ4v) is 1.95. The molecule has 0 aliphatic carbocycles. The number of phenols is 1. The Bertz CT molecular complexity index is 547. The van der Waals surface area contributed by atoms with Crippen LogP contribution in [-0.4, -0.2) is 15.7 Å². The highest BCUT2D eigenvalue weighted by Crippen LogP contribution is 2.29. The van der Waals surface area contributed by atoms with E-state index in [4.69, 9.17) is 0 Å². The number of rotatable bonds is 2. The van der Waals surface area contributed by atoms with Crippen LogP contribution in [-0.2, 0) is 0 Å². The van der Waals surface area contributed by atoms with Crippen LogP contribution in [0.4, 0.5) is 0 Å². The maximum absolute atomic E-state index is 12.0. The van der Waals surface area contributed by atoms with Crippen molar-refractivity contribution in [3.8, 4) is 5.75 Å². The molecule has 0 spiro atoms. The number of benzene rings is 2. The zero-order chi connectivity index (χ0) is 11.7. The largest absolute Gasteiger partial charge is 0.507 e. The van der Waals surface area contributed by atoms with E-state index in [1.54, 1.807) is 19.1 Å². The summed E-state index contributed by atoms with van der Waals surface area (Å²) in [6.07, 6.45) is 0. The minimum atomic E-state index is -0.302. The van der Waals surface area contributed by atoms with Crippen molar-refractivity contribution in [2.45, 2.75) is 11.8 Å². The fourth-order valence-electron chi connectivity index (χ4n) is 1.72. The van der Waals surface area contributed by atoms with Crippen LogP contribution in [0.25, 0.3) is 10.8 Å². The Kier molecular flexibility index (Phi) is 2.97. The summed E-state index contributed by atoms with van der Waals surface area (Å²) in [6, 6.07) is 10.9. The summed E-state index contributed by atoms with van der Waals surface area (Å²) in [6.45, 7) is 1.75. The lowest BCUT2D eigenvalue weighted by Gasteiger charge is -2.09. The highest BCUT2D eigenvalue weighted by atomic mass is 79.9. The van der Waals surface area contributed by atoms with Gasteiger partial charge in [0.2, 0.25) is 0 Å². The predicted octanol–water partition coefficient (Wildman–Crippen LogP) is 3.51. The fraction of sp³-hybridized carbons (Fsp3) is 0.154. The number of ketones is 1. The minimum absolute atomic E-state index is 0.0370. The smallest absolute Gasteiger partial charge is 0.180 e. The summed E-state index contributed by atoms with van der Waals surface area (Å²) < 4.78 is 0. The van der Waals surface area contributed by atoms with E-state index in [-0.39, 0.29) is 16.4 Å². The van der Waals surface area contributed by atoms with Crippen molar-refractivity contribution in [2.24, 2.45) is 0 Å². The number of alkyl halides is 1. The molecule has 1 N–H and O–H groups in total. The first-order valence-corrected chi connectivity index (χ1v) is 5.92. The third kappa shape index (κ3) is 1.83. The van der Waals surface area contributed by atoms with Gasteiger partial charge in [0.15, 0.2) is 5.78 Å². The predicted molar refractivity (Wildman–Crippen MR) is 68.3 cm³/mol. The zero-order valence-corrected chi connectivity index (χ0v) is 10.4. The number of aromatic hydroxyl groups is 1. The highest BCUT2D eigenvalue weighted by Gasteiger charge is 2.18. The van der Waals surface area contributed by atoms with Crippen molar-refractivity contribution in [1.82, 2.24) is 0 Å². The van der Waals surface area contributed by atoms with E-state index in [9.17, 15) is 9.90 Å². The summed E-state index contributed by atoms with van der Waals surface area (Å²) in [4.78, 5) is 11.7. The van der Waals surface area contributed by atoms with Gasteiger partial charge in [0, 0.05) is 0 Å². The number of carbonyl (C=O) groups excluding carboxylic acids is 1. The van der Waals surface area contributed by atoms with Gasteiger partial charge in [-0.05, 0) is 23.8 Å². The molecule has 2 aromatic carbocycles. The van der Waals surface area contributed by atoms with Gasteiger partial charge < -0.3 is 5.11 Å². The van der Waals surface area contributed by atoms with Crippen LogP contribution in [0.1, 0.15) is 17.3 Å². The summed E-state index contributed by atoms with van der Waals surface area (Å²) in [7, 11) is 0. The van der Waals surface area contributed by atoms with Crippen molar-refractivity contribution >= 4 is 32.5 Å². The average Bonchev–Trinajstić information content (AvgIpc) is 2.28. The Labute approximate surface area is 102 Å². The van der Waals surface area contributed by atoms with Crippen molar-refractivity contribution in [3.05, 3.63) is 42.0 Å². The second-order valence-corrected chi connectivity index (χ2v) is 5.03. The molecule has 0 fully saturated rings. The lowest BCUT2D eigenvalue weighted by atomic mass is 9.99. The van der Waals surface area contributed by atoms with Crippen LogP contribution < -0.4 is 0 Å².